The normalized spacial score (nSPS) is 37.8. The Hall–Kier alpha value is -5.27. The highest BCUT2D eigenvalue weighted by molar-refractivity contribution is 6.11. The SMILES string of the molecule is COC(=O)[C@H](Cc1ccc2ccccc2c1)NC(=O)[C@@H](OC)[C@@H]1Cc2cc3cc(O[C@H]4C[C@@H](O[C@H]5C[C@@H](O)[C@H](O)[C@@H](C)O5)[C@H](O)[C@@H](C)O4)c(C)c(O)c3c(O)c2C(=O)[C@H]1O[C@H]1C[C@@H](O[C@H]2C[C@@H](O[C@H]3C[C@](C)(O)[C@H](O)[C@@H](C)O3)[C@@H](O)[C@@H](C)O2)[C@H](O)[C@@H](C)O1. The highest BCUT2D eigenvalue weighted by Gasteiger charge is 2.51. The van der Waals surface area contributed by atoms with Crippen molar-refractivity contribution in [2.24, 2.45) is 5.92 Å². The largest absolute Gasteiger partial charge is 0.507 e. The van der Waals surface area contributed by atoms with E-state index in [-0.39, 0.29) is 78.2 Å². The average molecular weight is 1240 g/mol. The molecule has 88 heavy (non-hydrogen) atoms. The van der Waals surface area contributed by atoms with Crippen molar-refractivity contribution in [3.63, 3.8) is 0 Å². The van der Waals surface area contributed by atoms with Crippen molar-refractivity contribution in [3.8, 4) is 17.2 Å². The molecule has 5 saturated heterocycles. The second kappa shape index (κ2) is 26.9. The van der Waals surface area contributed by atoms with Gasteiger partial charge in [-0.1, -0.05) is 42.5 Å². The number of esters is 1. The Morgan fingerprint density at radius 3 is 1.80 bits per heavy atom. The van der Waals surface area contributed by atoms with E-state index in [0.29, 0.717) is 5.56 Å². The molecule has 0 spiro atoms. The van der Waals surface area contributed by atoms with Gasteiger partial charge in [0.15, 0.2) is 30.9 Å². The second-order valence-corrected chi connectivity index (χ2v) is 24.6. The average Bonchev–Trinajstić information content (AvgIpc) is 1.15. The van der Waals surface area contributed by atoms with Crippen molar-refractivity contribution in [2.75, 3.05) is 14.2 Å². The van der Waals surface area contributed by atoms with Crippen LogP contribution in [0.2, 0.25) is 0 Å². The van der Waals surface area contributed by atoms with E-state index in [1.807, 2.05) is 42.5 Å². The summed E-state index contributed by atoms with van der Waals surface area (Å²) in [7, 11) is 2.45. The first-order chi connectivity index (χ1) is 41.7. The van der Waals surface area contributed by atoms with Crippen LogP contribution in [0.1, 0.15) is 101 Å². The minimum Gasteiger partial charge on any atom is -0.507 e. The van der Waals surface area contributed by atoms with Gasteiger partial charge in [0.1, 0.15) is 66.0 Å². The number of methoxy groups -OCH3 is 2. The third-order valence-corrected chi connectivity index (χ3v) is 18.2. The van der Waals surface area contributed by atoms with Crippen LogP contribution in [0.15, 0.2) is 54.6 Å². The zero-order valence-electron chi connectivity index (χ0n) is 50.6. The van der Waals surface area contributed by atoms with E-state index in [1.54, 1.807) is 40.7 Å². The van der Waals surface area contributed by atoms with Crippen molar-refractivity contribution in [1.82, 2.24) is 5.32 Å². The Morgan fingerprint density at radius 1 is 0.659 bits per heavy atom. The quantitative estimate of drug-likeness (QED) is 0.0679. The number of aromatic hydroxyl groups is 2. The van der Waals surface area contributed by atoms with Gasteiger partial charge in [0.05, 0.1) is 78.6 Å². The fourth-order valence-electron chi connectivity index (χ4n) is 13.1. The van der Waals surface area contributed by atoms with Crippen LogP contribution in [0, 0.1) is 12.8 Å². The van der Waals surface area contributed by atoms with Crippen LogP contribution >= 0.6 is 0 Å². The lowest BCUT2D eigenvalue weighted by Gasteiger charge is -2.46. The number of ether oxygens (including phenoxy) is 12. The van der Waals surface area contributed by atoms with Crippen LogP contribution in [0.3, 0.4) is 0 Å². The summed E-state index contributed by atoms with van der Waals surface area (Å²) in [4.78, 5) is 43.9. The van der Waals surface area contributed by atoms with Gasteiger partial charge >= 0.3 is 5.97 Å². The molecule has 1 aliphatic carbocycles. The third-order valence-electron chi connectivity index (χ3n) is 18.2. The summed E-state index contributed by atoms with van der Waals surface area (Å²) >= 11 is 0. The summed E-state index contributed by atoms with van der Waals surface area (Å²) in [5, 5.41) is 105. The minimum absolute atomic E-state index is 0.00821. The number of phenolic OH excluding ortho intramolecular Hbond substituents is 2. The molecule has 0 aromatic heterocycles. The molecule has 0 saturated carbocycles. The summed E-state index contributed by atoms with van der Waals surface area (Å²) < 4.78 is 72.9. The van der Waals surface area contributed by atoms with Gasteiger partial charge in [0.2, 0.25) is 12.2 Å². The van der Waals surface area contributed by atoms with E-state index in [4.69, 9.17) is 56.8 Å². The van der Waals surface area contributed by atoms with Crippen molar-refractivity contribution in [2.45, 2.75) is 234 Å². The van der Waals surface area contributed by atoms with Gasteiger partial charge in [0.25, 0.3) is 0 Å². The molecule has 0 radical (unpaired) electrons. The van der Waals surface area contributed by atoms with Crippen molar-refractivity contribution < 1.29 is 117 Å². The van der Waals surface area contributed by atoms with Gasteiger partial charge in [0, 0.05) is 57.1 Å². The first-order valence-corrected chi connectivity index (χ1v) is 30.0. The van der Waals surface area contributed by atoms with Crippen LogP contribution in [-0.4, -0.2) is 219 Å². The number of phenols is 2. The lowest BCUT2D eigenvalue weighted by atomic mass is 9.76. The first-order valence-electron chi connectivity index (χ1n) is 30.0. The van der Waals surface area contributed by atoms with Gasteiger partial charge in [-0.2, -0.15) is 0 Å². The van der Waals surface area contributed by atoms with Crippen molar-refractivity contribution >= 4 is 39.2 Å². The molecule has 6 aliphatic rings. The predicted molar refractivity (Wildman–Crippen MR) is 307 cm³/mol. The van der Waals surface area contributed by atoms with E-state index in [1.165, 1.54) is 34.1 Å². The highest BCUT2D eigenvalue weighted by Crippen LogP contribution is 2.48. The zero-order valence-corrected chi connectivity index (χ0v) is 50.6. The van der Waals surface area contributed by atoms with E-state index < -0.39 is 176 Å². The van der Waals surface area contributed by atoms with Gasteiger partial charge in [-0.15, -0.1) is 0 Å². The molecule has 484 valence electrons. The Morgan fingerprint density at radius 2 is 1.20 bits per heavy atom. The molecule has 4 aromatic carbocycles. The van der Waals surface area contributed by atoms with Crippen LogP contribution in [0.25, 0.3) is 21.5 Å². The maximum absolute atomic E-state index is 15.5. The first kappa shape index (κ1) is 65.7. The number of carbonyl (C=O) groups is 3. The maximum atomic E-state index is 15.5. The Kier molecular flexibility index (Phi) is 20.1. The topological polar surface area (TPSA) is 356 Å². The molecule has 25 nitrogen and oxygen atoms in total. The molecule has 0 bridgehead atoms. The fourth-order valence-corrected chi connectivity index (χ4v) is 13.1. The molecule has 0 unspecified atom stereocenters. The molecule has 24 atom stereocenters. The van der Waals surface area contributed by atoms with Gasteiger partial charge in [-0.05, 0) is 94.3 Å². The number of nitrogens with one attached hydrogen (secondary N) is 1. The molecular formula is C63H83NO24. The van der Waals surface area contributed by atoms with Crippen LogP contribution < -0.4 is 10.1 Å². The summed E-state index contributed by atoms with van der Waals surface area (Å²) in [6.07, 6.45) is -23.7. The number of amides is 1. The van der Waals surface area contributed by atoms with E-state index in [0.717, 1.165) is 10.8 Å². The third kappa shape index (κ3) is 13.7. The van der Waals surface area contributed by atoms with Crippen LogP contribution in [-0.2, 0) is 74.5 Å². The van der Waals surface area contributed by atoms with Crippen molar-refractivity contribution in [1.29, 1.82) is 0 Å². The summed E-state index contributed by atoms with van der Waals surface area (Å²) in [5.41, 5.74) is -0.740. The summed E-state index contributed by atoms with van der Waals surface area (Å²) in [6.45, 7) is 11.0. The molecule has 1 amide bonds. The number of aliphatic hydroxyl groups excluding tert-OH is 6. The van der Waals surface area contributed by atoms with Gasteiger partial charge in [-0.3, -0.25) is 9.59 Å². The lowest BCUT2D eigenvalue weighted by molar-refractivity contribution is -0.334. The van der Waals surface area contributed by atoms with Crippen LogP contribution in [0.5, 0.6) is 17.2 Å². The van der Waals surface area contributed by atoms with Crippen LogP contribution in [0.4, 0.5) is 0 Å². The molecule has 5 aliphatic heterocycles. The molecular weight excluding hydrogens is 1150 g/mol. The van der Waals surface area contributed by atoms with E-state index >= 15 is 4.79 Å². The van der Waals surface area contributed by atoms with E-state index in [9.17, 15) is 55.5 Å². The summed E-state index contributed by atoms with van der Waals surface area (Å²) in [5.74, 6) is -4.63. The number of fused-ring (bicyclic) bond motifs is 3. The predicted octanol–water partition coefficient (Wildman–Crippen LogP) is 2.49. The smallest absolute Gasteiger partial charge is 0.328 e. The number of ketones is 1. The van der Waals surface area contributed by atoms with Gasteiger partial charge in [-0.25, -0.2) is 4.79 Å². The van der Waals surface area contributed by atoms with Crippen molar-refractivity contribution in [3.05, 3.63) is 76.9 Å². The lowest BCUT2D eigenvalue weighted by Crippen LogP contribution is -2.58. The number of hydrogen-bond donors (Lipinski definition) is 10. The molecule has 10 N–H and O–H groups in total. The number of carbonyl (C=O) groups excluding carboxylic acids is 3. The number of Topliss-reactive ketones (excluding diaryl/α,β-unsaturated/α-hetero) is 1. The molecule has 5 heterocycles. The number of hydrogen-bond acceptors (Lipinski definition) is 24. The monoisotopic (exact) mass is 1240 g/mol. The number of rotatable bonds is 17. The number of aliphatic hydroxyl groups is 7. The fraction of sp³-hybridized carbons (Fsp3) is 0.635. The molecule has 5 fully saturated rings. The summed E-state index contributed by atoms with van der Waals surface area (Å²) in [6, 6.07) is 15.1. The molecule has 4 aromatic rings. The highest BCUT2D eigenvalue weighted by atomic mass is 16.7. The standard InChI is InChI=1S/C63H83NO24/c1-26-40(84-45-22-41(53(68)28(3)80-45)85-44-21-39(65)52(67)27(2)79-44)20-36-18-35-19-37(59(77-8)61(74)64-38(62(75)78-9)17-32-14-15-33-12-10-11-13-34(33)16-32)58(57(72)50(35)56(71)49(36)51(26)66)88-47-24-42(54(69)30(5)82-47)86-46-23-43(55(70)29(4)81-46)87-48-25-63(7,76)60(73)31(6)83-48/h10-16,18,20,27-31,37-39,41-48,52-55,58-60,65-71,73,76H,17,19,21-25H2,1-9H3,(H,64,74)/t27-,28-,29-,30-,31-,37-,38+,39-,41-,42-,43-,44+,45+,46+,47+,48+,52-,53-,54-,55+,58+,59+,60-,63+/m1/s1. The second-order valence-electron chi connectivity index (χ2n) is 24.6. The van der Waals surface area contributed by atoms with E-state index in [2.05, 4.69) is 5.32 Å². The Bertz CT molecular complexity index is 3130. The number of benzene rings is 4. The zero-order chi connectivity index (χ0) is 63.4. The Labute approximate surface area is 508 Å². The molecule has 25 heteroatoms. The molecule has 10 rings (SSSR count). The Balaban J connectivity index is 0.936. The maximum Gasteiger partial charge on any atom is 0.328 e. The minimum atomic E-state index is -1.67. The van der Waals surface area contributed by atoms with Gasteiger partial charge < -0.3 is 108 Å².